The van der Waals surface area contributed by atoms with Gasteiger partial charge in [-0.3, -0.25) is 9.59 Å². The Labute approximate surface area is 194 Å². The van der Waals surface area contributed by atoms with Crippen LogP contribution < -0.4 is 20.2 Å². The van der Waals surface area contributed by atoms with Gasteiger partial charge >= 0.3 is 0 Å². The summed E-state index contributed by atoms with van der Waals surface area (Å²) < 4.78 is 11.1. The first-order chi connectivity index (χ1) is 15.4. The van der Waals surface area contributed by atoms with Crippen LogP contribution in [0, 0.1) is 5.92 Å². The lowest BCUT2D eigenvalue weighted by molar-refractivity contribution is -0.130. The van der Waals surface area contributed by atoms with Crippen LogP contribution >= 0.6 is 11.6 Å². The lowest BCUT2D eigenvalue weighted by atomic mass is 10.0. The number of hydrogen-bond acceptors (Lipinski definition) is 5. The Kier molecular flexibility index (Phi) is 10.5. The van der Waals surface area contributed by atoms with Crippen LogP contribution in [0.15, 0.2) is 53.6 Å². The van der Waals surface area contributed by atoms with Crippen LogP contribution in [0.3, 0.4) is 0 Å². The number of hydrogen-bond donors (Lipinski definition) is 2. The van der Waals surface area contributed by atoms with Gasteiger partial charge in [0.2, 0.25) is 0 Å². The van der Waals surface area contributed by atoms with Crippen LogP contribution in [0.4, 0.5) is 0 Å². The van der Waals surface area contributed by atoms with Gasteiger partial charge < -0.3 is 14.8 Å². The van der Waals surface area contributed by atoms with E-state index in [0.717, 1.165) is 12.0 Å². The number of ether oxygens (including phenoxy) is 2. The van der Waals surface area contributed by atoms with Crippen molar-refractivity contribution in [1.29, 1.82) is 0 Å². The minimum Gasteiger partial charge on any atom is -0.493 e. The van der Waals surface area contributed by atoms with E-state index in [4.69, 9.17) is 21.1 Å². The van der Waals surface area contributed by atoms with Gasteiger partial charge in [0.15, 0.2) is 6.61 Å². The van der Waals surface area contributed by atoms with E-state index in [1.807, 2.05) is 45.0 Å². The van der Waals surface area contributed by atoms with Crippen molar-refractivity contribution in [3.8, 4) is 11.5 Å². The number of halogens is 1. The molecule has 0 heterocycles. The molecule has 0 fully saturated rings. The van der Waals surface area contributed by atoms with Gasteiger partial charge in [-0.1, -0.05) is 44.5 Å². The van der Waals surface area contributed by atoms with Gasteiger partial charge in [-0.05, 0) is 55.2 Å². The second-order valence-corrected chi connectivity index (χ2v) is 8.05. The molecule has 0 spiro atoms. The summed E-state index contributed by atoms with van der Waals surface area (Å²) in [6, 6.07) is 13.4. The number of carbonyl (C=O) groups is 2. The highest BCUT2D eigenvalue weighted by molar-refractivity contribution is 6.30. The maximum Gasteiger partial charge on any atom is 0.262 e. The van der Waals surface area contributed by atoms with Crippen molar-refractivity contribution < 1.29 is 19.1 Å². The van der Waals surface area contributed by atoms with Gasteiger partial charge in [0.25, 0.3) is 11.8 Å². The smallest absolute Gasteiger partial charge is 0.262 e. The number of benzene rings is 2. The Hall–Kier alpha value is -3.06. The fourth-order valence-electron chi connectivity index (χ4n) is 2.79. The van der Waals surface area contributed by atoms with E-state index in [1.54, 1.807) is 24.3 Å². The second-order valence-electron chi connectivity index (χ2n) is 7.61. The van der Waals surface area contributed by atoms with Crippen molar-refractivity contribution in [2.75, 3.05) is 13.2 Å². The molecule has 0 saturated carbocycles. The Bertz CT molecular complexity index is 900. The third-order valence-electron chi connectivity index (χ3n) is 4.30. The number of carbonyl (C=O) groups excluding carboxylic acids is 2. The molecule has 2 N–H and O–H groups in total. The Morgan fingerprint density at radius 1 is 1.09 bits per heavy atom. The molecule has 172 valence electrons. The summed E-state index contributed by atoms with van der Waals surface area (Å²) in [6.45, 7) is 6.36. The molecule has 1 atom stereocenters. The molecule has 2 rings (SSSR count). The summed E-state index contributed by atoms with van der Waals surface area (Å²) in [4.78, 5) is 25.0. The third-order valence-corrected chi connectivity index (χ3v) is 4.55. The fraction of sp³-hybridized carbons (Fsp3) is 0.375. The molecule has 0 aromatic heterocycles. The van der Waals surface area contributed by atoms with Crippen molar-refractivity contribution in [2.24, 2.45) is 11.0 Å². The lowest BCUT2D eigenvalue weighted by Gasteiger charge is -2.19. The van der Waals surface area contributed by atoms with Crippen molar-refractivity contribution in [3.05, 3.63) is 59.1 Å². The number of para-hydroxylation sites is 1. The van der Waals surface area contributed by atoms with Crippen molar-refractivity contribution in [3.63, 3.8) is 0 Å². The number of rotatable bonds is 12. The maximum atomic E-state index is 12.6. The zero-order valence-electron chi connectivity index (χ0n) is 18.6. The first-order valence-electron chi connectivity index (χ1n) is 10.6. The highest BCUT2D eigenvalue weighted by Gasteiger charge is 2.22. The largest absolute Gasteiger partial charge is 0.493 e. The molecule has 0 bridgehead atoms. The molecule has 0 aliphatic rings. The van der Waals surface area contributed by atoms with Crippen molar-refractivity contribution in [2.45, 2.75) is 39.7 Å². The molecular weight excluding hydrogens is 430 g/mol. The fourth-order valence-corrected chi connectivity index (χ4v) is 2.92. The van der Waals surface area contributed by atoms with E-state index >= 15 is 0 Å². The molecule has 0 aliphatic heterocycles. The van der Waals surface area contributed by atoms with Crippen LogP contribution in [0.25, 0.3) is 0 Å². The number of hydrazone groups is 1. The first-order valence-corrected chi connectivity index (χ1v) is 11.0. The van der Waals surface area contributed by atoms with Gasteiger partial charge in [0.05, 0.1) is 12.8 Å². The number of nitrogens with one attached hydrogen (secondary N) is 2. The van der Waals surface area contributed by atoms with E-state index in [1.165, 1.54) is 6.21 Å². The van der Waals surface area contributed by atoms with Gasteiger partial charge in [0, 0.05) is 10.6 Å². The first kappa shape index (κ1) is 25.2. The summed E-state index contributed by atoms with van der Waals surface area (Å²) in [5.41, 5.74) is 3.26. The van der Waals surface area contributed by atoms with Crippen LogP contribution in [-0.2, 0) is 9.59 Å². The lowest BCUT2D eigenvalue weighted by Crippen LogP contribution is -2.47. The number of amides is 2. The summed E-state index contributed by atoms with van der Waals surface area (Å²) in [7, 11) is 0. The molecular formula is C24H30ClN3O4. The van der Waals surface area contributed by atoms with Crippen molar-refractivity contribution >= 4 is 29.6 Å². The normalized spacial score (nSPS) is 11.9. The summed E-state index contributed by atoms with van der Waals surface area (Å²) in [5, 5.41) is 7.34. The zero-order chi connectivity index (χ0) is 23.3. The maximum absolute atomic E-state index is 12.6. The Morgan fingerprint density at radius 2 is 1.81 bits per heavy atom. The van der Waals surface area contributed by atoms with E-state index in [-0.39, 0.29) is 12.5 Å². The van der Waals surface area contributed by atoms with Crippen LogP contribution in [0.2, 0.25) is 5.02 Å². The van der Waals surface area contributed by atoms with Crippen LogP contribution in [-0.4, -0.2) is 37.3 Å². The van der Waals surface area contributed by atoms with Gasteiger partial charge in [-0.15, -0.1) is 0 Å². The number of nitrogens with zero attached hydrogens (tertiary/aromatic N) is 1. The van der Waals surface area contributed by atoms with Gasteiger partial charge in [0.1, 0.15) is 17.5 Å². The summed E-state index contributed by atoms with van der Waals surface area (Å²) in [5.74, 6) is 0.599. The summed E-state index contributed by atoms with van der Waals surface area (Å²) >= 11 is 5.84. The molecule has 2 aromatic rings. The molecule has 32 heavy (non-hydrogen) atoms. The van der Waals surface area contributed by atoms with Crippen LogP contribution in [0.1, 0.15) is 39.2 Å². The predicted molar refractivity (Wildman–Crippen MR) is 126 cm³/mol. The molecule has 0 aliphatic carbocycles. The Balaban J connectivity index is 1.93. The minimum absolute atomic E-state index is 0.190. The van der Waals surface area contributed by atoms with Crippen LogP contribution in [0.5, 0.6) is 11.5 Å². The highest BCUT2D eigenvalue weighted by Crippen LogP contribution is 2.16. The van der Waals surface area contributed by atoms with Gasteiger partial charge in [-0.2, -0.15) is 5.10 Å². The average Bonchev–Trinajstić information content (AvgIpc) is 2.77. The van der Waals surface area contributed by atoms with E-state index in [2.05, 4.69) is 15.8 Å². The van der Waals surface area contributed by atoms with E-state index in [9.17, 15) is 9.59 Å². The highest BCUT2D eigenvalue weighted by atomic mass is 35.5. The molecule has 2 amide bonds. The monoisotopic (exact) mass is 459 g/mol. The average molecular weight is 460 g/mol. The quantitative estimate of drug-likeness (QED) is 0.368. The van der Waals surface area contributed by atoms with Gasteiger partial charge in [-0.25, -0.2) is 5.43 Å². The molecule has 0 radical (unpaired) electrons. The Morgan fingerprint density at radius 3 is 2.50 bits per heavy atom. The third kappa shape index (κ3) is 8.98. The zero-order valence-corrected chi connectivity index (χ0v) is 19.4. The van der Waals surface area contributed by atoms with E-state index in [0.29, 0.717) is 29.5 Å². The molecule has 8 heteroatoms. The SMILES string of the molecule is CCCOc1ccccc1/C=N\NC(=O)[C@H](CC(C)C)NC(=O)COc1ccc(Cl)cc1. The second kappa shape index (κ2) is 13.4. The topological polar surface area (TPSA) is 89.0 Å². The molecule has 2 aromatic carbocycles. The molecule has 7 nitrogen and oxygen atoms in total. The predicted octanol–water partition coefficient (Wildman–Crippen LogP) is 4.19. The molecule has 0 unspecified atom stereocenters. The van der Waals surface area contributed by atoms with Crippen molar-refractivity contribution in [1.82, 2.24) is 10.7 Å². The van der Waals surface area contributed by atoms with E-state index < -0.39 is 17.9 Å². The summed E-state index contributed by atoms with van der Waals surface area (Å²) in [6.07, 6.45) is 2.88. The standard InChI is InChI=1S/C24H30ClN3O4/c1-4-13-31-22-8-6-5-7-18(22)15-26-28-24(30)21(14-17(2)3)27-23(29)16-32-20-11-9-19(25)10-12-20/h5-12,15,17,21H,4,13-14,16H2,1-3H3,(H,27,29)(H,28,30)/b26-15-/t21-/m0/s1. The minimum atomic E-state index is -0.736. The molecule has 0 saturated heterocycles.